The summed E-state index contributed by atoms with van der Waals surface area (Å²) in [5, 5.41) is 9.93. The smallest absolute Gasteiger partial charge is 0.126 e. The molecule has 1 heterocycles. The number of benzene rings is 1. The predicted octanol–water partition coefficient (Wildman–Crippen LogP) is 4.20. The van der Waals surface area contributed by atoms with Gasteiger partial charge in [-0.25, -0.2) is 4.39 Å². The molecule has 0 aromatic heterocycles. The second-order valence-corrected chi connectivity index (χ2v) is 6.03. The van der Waals surface area contributed by atoms with E-state index in [1.807, 2.05) is 6.07 Å². The van der Waals surface area contributed by atoms with Gasteiger partial charge in [0.25, 0.3) is 0 Å². The lowest BCUT2D eigenvalue weighted by Gasteiger charge is -2.27. The highest BCUT2D eigenvalue weighted by Gasteiger charge is 2.20. The van der Waals surface area contributed by atoms with Crippen LogP contribution in [0.15, 0.2) is 12.1 Å². The van der Waals surface area contributed by atoms with Crippen LogP contribution in [0.4, 0.5) is 10.1 Å². The van der Waals surface area contributed by atoms with Crippen molar-refractivity contribution in [2.24, 2.45) is 5.92 Å². The zero-order valence-corrected chi connectivity index (χ0v) is 12.8. The monoisotopic (exact) mass is 279 g/mol. The van der Waals surface area contributed by atoms with Crippen molar-refractivity contribution in [2.75, 3.05) is 18.0 Å². The van der Waals surface area contributed by atoms with Crippen LogP contribution in [0.1, 0.15) is 56.8 Å². The Morgan fingerprint density at radius 3 is 2.75 bits per heavy atom. The van der Waals surface area contributed by atoms with Crippen molar-refractivity contribution in [2.45, 2.75) is 52.6 Å². The number of hydrogen-bond donors (Lipinski definition) is 1. The number of halogens is 1. The number of aryl methyl sites for hydroxylation is 1. The number of aliphatic hydroxyl groups excluding tert-OH is 1. The van der Waals surface area contributed by atoms with Gasteiger partial charge in [0.1, 0.15) is 5.82 Å². The van der Waals surface area contributed by atoms with E-state index in [1.165, 1.54) is 31.7 Å². The summed E-state index contributed by atoms with van der Waals surface area (Å²) < 4.78 is 13.8. The first-order valence-electron chi connectivity index (χ1n) is 7.76. The van der Waals surface area contributed by atoms with E-state index in [9.17, 15) is 9.50 Å². The molecular formula is C17H26FNO. The maximum absolute atomic E-state index is 13.8. The standard InChI is InChI=1S/C17H26FNO/c1-4-14-6-5-8-19(9-7-14)17-10-12(2)16(18)11-15(17)13(3)20/h10-11,13-14,20H,4-9H2,1-3H3. The molecule has 1 aromatic carbocycles. The van der Waals surface area contributed by atoms with E-state index < -0.39 is 6.10 Å². The molecule has 0 spiro atoms. The van der Waals surface area contributed by atoms with Crippen molar-refractivity contribution in [3.63, 3.8) is 0 Å². The Kier molecular flexibility index (Phi) is 5.03. The van der Waals surface area contributed by atoms with E-state index in [1.54, 1.807) is 13.8 Å². The first kappa shape index (κ1) is 15.3. The summed E-state index contributed by atoms with van der Waals surface area (Å²) in [6.07, 6.45) is 4.24. The topological polar surface area (TPSA) is 23.5 Å². The molecule has 0 saturated carbocycles. The molecule has 0 aliphatic carbocycles. The van der Waals surface area contributed by atoms with Gasteiger partial charge in [-0.15, -0.1) is 0 Å². The van der Waals surface area contributed by atoms with Crippen molar-refractivity contribution >= 4 is 5.69 Å². The molecule has 3 heteroatoms. The summed E-state index contributed by atoms with van der Waals surface area (Å²) >= 11 is 0. The van der Waals surface area contributed by atoms with Crippen LogP contribution in [0.5, 0.6) is 0 Å². The Morgan fingerprint density at radius 1 is 1.35 bits per heavy atom. The molecule has 20 heavy (non-hydrogen) atoms. The molecule has 2 nitrogen and oxygen atoms in total. The molecule has 0 radical (unpaired) electrons. The third-order valence-electron chi connectivity index (χ3n) is 4.52. The van der Waals surface area contributed by atoms with Gasteiger partial charge in [0.2, 0.25) is 0 Å². The summed E-state index contributed by atoms with van der Waals surface area (Å²) in [5.74, 6) is 0.572. The lowest BCUT2D eigenvalue weighted by molar-refractivity contribution is 0.199. The van der Waals surface area contributed by atoms with E-state index in [0.29, 0.717) is 11.1 Å². The maximum atomic E-state index is 13.8. The van der Waals surface area contributed by atoms with Crippen molar-refractivity contribution in [1.29, 1.82) is 0 Å². The van der Waals surface area contributed by atoms with Crippen LogP contribution in [0.25, 0.3) is 0 Å². The molecule has 1 saturated heterocycles. The largest absolute Gasteiger partial charge is 0.389 e. The molecule has 2 atom stereocenters. The first-order chi connectivity index (χ1) is 9.52. The Balaban J connectivity index is 2.29. The third kappa shape index (κ3) is 3.32. The zero-order chi connectivity index (χ0) is 14.7. The fraction of sp³-hybridized carbons (Fsp3) is 0.647. The second-order valence-electron chi connectivity index (χ2n) is 6.03. The van der Waals surface area contributed by atoms with Gasteiger partial charge in [-0.2, -0.15) is 0 Å². The Labute approximate surface area is 121 Å². The maximum Gasteiger partial charge on any atom is 0.126 e. The van der Waals surface area contributed by atoms with Crippen molar-refractivity contribution in [3.05, 3.63) is 29.1 Å². The fourth-order valence-corrected chi connectivity index (χ4v) is 3.10. The average Bonchev–Trinajstić information content (AvgIpc) is 2.66. The van der Waals surface area contributed by atoms with Gasteiger partial charge in [0.15, 0.2) is 0 Å². The van der Waals surface area contributed by atoms with Crippen LogP contribution in [0, 0.1) is 18.7 Å². The lowest BCUT2D eigenvalue weighted by Crippen LogP contribution is -2.26. The average molecular weight is 279 g/mol. The van der Waals surface area contributed by atoms with Crippen molar-refractivity contribution < 1.29 is 9.50 Å². The summed E-state index contributed by atoms with van der Waals surface area (Å²) in [6.45, 7) is 7.76. The number of rotatable bonds is 3. The minimum atomic E-state index is -0.634. The summed E-state index contributed by atoms with van der Waals surface area (Å²) in [6, 6.07) is 3.39. The van der Waals surface area contributed by atoms with E-state index in [0.717, 1.165) is 24.7 Å². The van der Waals surface area contributed by atoms with Gasteiger partial charge >= 0.3 is 0 Å². The molecule has 112 valence electrons. The zero-order valence-electron chi connectivity index (χ0n) is 12.8. The van der Waals surface area contributed by atoms with Crippen molar-refractivity contribution in [1.82, 2.24) is 0 Å². The summed E-state index contributed by atoms with van der Waals surface area (Å²) in [7, 11) is 0. The SMILES string of the molecule is CCC1CCCN(c2cc(C)c(F)cc2C(C)O)CC1. The normalized spacial score (nSPS) is 21.6. The van der Waals surface area contributed by atoms with Crippen molar-refractivity contribution in [3.8, 4) is 0 Å². The summed E-state index contributed by atoms with van der Waals surface area (Å²) in [4.78, 5) is 2.32. The van der Waals surface area contributed by atoms with E-state index in [4.69, 9.17) is 0 Å². The van der Waals surface area contributed by atoms with Gasteiger partial charge in [0.05, 0.1) is 6.10 Å². The number of hydrogen-bond acceptors (Lipinski definition) is 2. The van der Waals surface area contributed by atoms with E-state index in [2.05, 4.69) is 11.8 Å². The fourth-order valence-electron chi connectivity index (χ4n) is 3.10. The Hall–Kier alpha value is -1.09. The molecule has 0 amide bonds. The molecule has 1 aromatic rings. The highest BCUT2D eigenvalue weighted by atomic mass is 19.1. The highest BCUT2D eigenvalue weighted by Crippen LogP contribution is 2.32. The number of aliphatic hydroxyl groups is 1. The quantitative estimate of drug-likeness (QED) is 0.896. The molecule has 1 aliphatic rings. The molecular weight excluding hydrogens is 253 g/mol. The van der Waals surface area contributed by atoms with Gasteiger partial charge in [-0.05, 0) is 56.7 Å². The Bertz CT molecular complexity index is 459. The van der Waals surface area contributed by atoms with Gasteiger partial charge in [-0.3, -0.25) is 0 Å². The molecule has 1 N–H and O–H groups in total. The molecule has 2 unspecified atom stereocenters. The number of anilines is 1. The van der Waals surface area contributed by atoms with Gasteiger partial charge < -0.3 is 10.0 Å². The Morgan fingerprint density at radius 2 is 2.10 bits per heavy atom. The van der Waals surface area contributed by atoms with Crippen LogP contribution in [0.3, 0.4) is 0 Å². The van der Waals surface area contributed by atoms with Gasteiger partial charge in [-0.1, -0.05) is 13.3 Å². The van der Waals surface area contributed by atoms with Crippen LogP contribution in [-0.4, -0.2) is 18.2 Å². The number of nitrogens with zero attached hydrogens (tertiary/aromatic N) is 1. The minimum Gasteiger partial charge on any atom is -0.389 e. The van der Waals surface area contributed by atoms with Crippen LogP contribution in [0.2, 0.25) is 0 Å². The van der Waals surface area contributed by atoms with E-state index in [-0.39, 0.29) is 5.82 Å². The molecule has 1 aliphatic heterocycles. The van der Waals surface area contributed by atoms with Crippen LogP contribution >= 0.6 is 0 Å². The lowest BCUT2D eigenvalue weighted by atomic mass is 9.98. The van der Waals surface area contributed by atoms with Crippen LogP contribution < -0.4 is 4.90 Å². The first-order valence-corrected chi connectivity index (χ1v) is 7.76. The van der Waals surface area contributed by atoms with Crippen LogP contribution in [-0.2, 0) is 0 Å². The molecule has 0 bridgehead atoms. The van der Waals surface area contributed by atoms with E-state index >= 15 is 0 Å². The minimum absolute atomic E-state index is 0.231. The second kappa shape index (κ2) is 6.57. The third-order valence-corrected chi connectivity index (χ3v) is 4.52. The highest BCUT2D eigenvalue weighted by molar-refractivity contribution is 5.57. The molecule has 1 fully saturated rings. The van der Waals surface area contributed by atoms with Gasteiger partial charge in [0, 0.05) is 24.3 Å². The summed E-state index contributed by atoms with van der Waals surface area (Å²) in [5.41, 5.74) is 2.37. The molecule has 2 rings (SSSR count). The predicted molar refractivity (Wildman–Crippen MR) is 81.6 cm³/mol.